The lowest BCUT2D eigenvalue weighted by Crippen LogP contribution is -2.15. The van der Waals surface area contributed by atoms with Gasteiger partial charge in [0.1, 0.15) is 6.61 Å². The van der Waals surface area contributed by atoms with E-state index in [0.717, 1.165) is 6.08 Å². The van der Waals surface area contributed by atoms with E-state index in [4.69, 9.17) is 14.6 Å². The maximum Gasteiger partial charge on any atom is 0.328 e. The number of hydrogen-bond donors (Lipinski definition) is 1. The zero-order valence-electron chi connectivity index (χ0n) is 10.6. The number of carboxylic acid groups (broad SMARTS) is 1. The van der Waals surface area contributed by atoms with Crippen LogP contribution in [0.2, 0.25) is 0 Å². The summed E-state index contributed by atoms with van der Waals surface area (Å²) < 4.78 is 10.3. The quantitative estimate of drug-likeness (QED) is 0.167. The highest BCUT2D eigenvalue weighted by Crippen LogP contribution is 2.04. The van der Waals surface area contributed by atoms with Gasteiger partial charge in [0.15, 0.2) is 0 Å². The number of rotatable bonds is 9. The molecule has 0 bridgehead atoms. The van der Waals surface area contributed by atoms with Gasteiger partial charge in [-0.25, -0.2) is 9.80 Å². The van der Waals surface area contributed by atoms with Gasteiger partial charge in [0.05, 0.1) is 6.61 Å². The zero-order chi connectivity index (χ0) is 13.8. The maximum absolute atomic E-state index is 10.2. The molecule has 0 aliphatic heterocycles. The summed E-state index contributed by atoms with van der Waals surface area (Å²) in [6, 6.07) is 0. The van der Waals surface area contributed by atoms with Gasteiger partial charge in [0.25, 0.3) is 0 Å². The number of hydrazone groups is 1. The van der Waals surface area contributed by atoms with Crippen LogP contribution < -0.4 is 0 Å². The third-order valence-electron chi connectivity index (χ3n) is 1.68. The first kappa shape index (κ1) is 15.9. The summed E-state index contributed by atoms with van der Waals surface area (Å²) in [6.07, 6.45) is 6.87. The SMILES string of the molecule is C=C/C=C(/OCCOC)N(C)/N=C\C=C\C(=O)O. The van der Waals surface area contributed by atoms with Crippen LogP contribution >= 0.6 is 0 Å². The number of allylic oxidation sites excluding steroid dienone is 3. The van der Waals surface area contributed by atoms with Crippen LogP contribution in [-0.2, 0) is 14.3 Å². The highest BCUT2D eigenvalue weighted by atomic mass is 16.5. The molecule has 6 nitrogen and oxygen atoms in total. The van der Waals surface area contributed by atoms with Crippen LogP contribution in [0.25, 0.3) is 0 Å². The first-order chi connectivity index (χ1) is 8.61. The second-order valence-electron chi connectivity index (χ2n) is 3.07. The average Bonchev–Trinajstić information content (AvgIpc) is 2.33. The van der Waals surface area contributed by atoms with Crippen LogP contribution in [0.5, 0.6) is 0 Å². The van der Waals surface area contributed by atoms with E-state index in [1.54, 1.807) is 26.3 Å². The molecule has 18 heavy (non-hydrogen) atoms. The summed E-state index contributed by atoms with van der Waals surface area (Å²) in [6.45, 7) is 4.43. The van der Waals surface area contributed by atoms with Crippen molar-refractivity contribution in [2.45, 2.75) is 0 Å². The van der Waals surface area contributed by atoms with Crippen LogP contribution in [0, 0.1) is 0 Å². The molecule has 0 radical (unpaired) electrons. The molecule has 0 saturated carbocycles. The standard InChI is InChI=1S/C12H18N2O4/c1-4-6-11(18-10-9-17-3)14(2)13-8-5-7-12(15)16/h4-8H,1,9-10H2,2-3H3,(H,15,16)/b7-5+,11-6+,13-8-. The Hall–Kier alpha value is -2.08. The van der Waals surface area contributed by atoms with Crippen molar-refractivity contribution in [2.24, 2.45) is 5.10 Å². The third kappa shape index (κ3) is 8.12. The monoisotopic (exact) mass is 254 g/mol. The van der Waals surface area contributed by atoms with Crippen molar-refractivity contribution in [3.63, 3.8) is 0 Å². The summed E-state index contributed by atoms with van der Waals surface area (Å²) in [5.74, 6) is -0.538. The Kier molecular flexibility index (Phi) is 8.93. The Morgan fingerprint density at radius 2 is 2.22 bits per heavy atom. The van der Waals surface area contributed by atoms with E-state index in [0.29, 0.717) is 19.1 Å². The Balaban J connectivity index is 4.38. The molecule has 0 unspecified atom stereocenters. The first-order valence-electron chi connectivity index (χ1n) is 5.23. The molecule has 0 aromatic heterocycles. The summed E-state index contributed by atoms with van der Waals surface area (Å²) in [7, 11) is 3.26. The van der Waals surface area contributed by atoms with Crippen LogP contribution in [0.1, 0.15) is 0 Å². The minimum Gasteiger partial charge on any atom is -0.478 e. The van der Waals surface area contributed by atoms with Gasteiger partial charge in [-0.2, -0.15) is 5.10 Å². The molecule has 0 aliphatic rings. The molecule has 0 amide bonds. The van der Waals surface area contributed by atoms with Gasteiger partial charge in [0, 0.05) is 26.4 Å². The van der Waals surface area contributed by atoms with Gasteiger partial charge >= 0.3 is 5.97 Å². The highest BCUT2D eigenvalue weighted by molar-refractivity contribution is 5.86. The lowest BCUT2D eigenvalue weighted by atomic mass is 10.5. The average molecular weight is 254 g/mol. The van der Waals surface area contributed by atoms with Gasteiger partial charge in [-0.05, 0) is 12.2 Å². The van der Waals surface area contributed by atoms with E-state index in [9.17, 15) is 4.79 Å². The van der Waals surface area contributed by atoms with Crippen LogP contribution in [0.4, 0.5) is 0 Å². The Morgan fingerprint density at radius 1 is 1.50 bits per heavy atom. The molecule has 0 atom stereocenters. The predicted octanol–water partition coefficient (Wildman–Crippen LogP) is 1.24. The third-order valence-corrected chi connectivity index (χ3v) is 1.68. The lowest BCUT2D eigenvalue weighted by molar-refractivity contribution is -0.131. The fraction of sp³-hybridized carbons (Fsp3) is 0.333. The zero-order valence-corrected chi connectivity index (χ0v) is 10.6. The van der Waals surface area contributed by atoms with Crippen molar-refractivity contribution in [2.75, 3.05) is 27.4 Å². The molecule has 0 aromatic rings. The molecule has 100 valence electrons. The number of hydrogen-bond acceptors (Lipinski definition) is 5. The van der Waals surface area contributed by atoms with E-state index < -0.39 is 5.97 Å². The molecule has 0 aliphatic carbocycles. The van der Waals surface area contributed by atoms with E-state index in [1.165, 1.54) is 17.3 Å². The van der Waals surface area contributed by atoms with Crippen molar-refractivity contribution in [1.29, 1.82) is 0 Å². The molecular formula is C12H18N2O4. The number of nitrogens with zero attached hydrogens (tertiary/aromatic N) is 2. The Bertz CT molecular complexity index is 348. The minimum atomic E-state index is -1.03. The molecule has 0 rings (SSSR count). The summed E-state index contributed by atoms with van der Waals surface area (Å²) in [5, 5.41) is 13.8. The number of methoxy groups -OCH3 is 1. The fourth-order valence-corrected chi connectivity index (χ4v) is 0.901. The molecule has 0 fully saturated rings. The van der Waals surface area contributed by atoms with E-state index in [2.05, 4.69) is 11.7 Å². The molecule has 0 heterocycles. The second kappa shape index (κ2) is 10.1. The van der Waals surface area contributed by atoms with Crippen molar-refractivity contribution >= 4 is 12.2 Å². The van der Waals surface area contributed by atoms with Crippen molar-refractivity contribution < 1.29 is 19.4 Å². The van der Waals surface area contributed by atoms with Gasteiger partial charge < -0.3 is 14.6 Å². The normalized spacial score (nSPS) is 12.0. The summed E-state index contributed by atoms with van der Waals surface area (Å²) in [4.78, 5) is 10.2. The number of ether oxygens (including phenoxy) is 2. The Labute approximate surface area is 106 Å². The number of carbonyl (C=O) groups is 1. The highest BCUT2D eigenvalue weighted by Gasteiger charge is 2.02. The fourth-order valence-electron chi connectivity index (χ4n) is 0.901. The maximum atomic E-state index is 10.2. The number of carboxylic acids is 1. The smallest absolute Gasteiger partial charge is 0.328 e. The topological polar surface area (TPSA) is 71.4 Å². The van der Waals surface area contributed by atoms with Crippen molar-refractivity contribution in [3.05, 3.63) is 36.8 Å². The first-order valence-corrected chi connectivity index (χ1v) is 5.23. The van der Waals surface area contributed by atoms with Gasteiger partial charge in [-0.3, -0.25) is 0 Å². The van der Waals surface area contributed by atoms with Crippen molar-refractivity contribution in [1.82, 2.24) is 5.01 Å². The van der Waals surface area contributed by atoms with Crippen LogP contribution in [0.3, 0.4) is 0 Å². The van der Waals surface area contributed by atoms with Crippen molar-refractivity contribution in [3.8, 4) is 0 Å². The van der Waals surface area contributed by atoms with Crippen LogP contribution in [-0.4, -0.2) is 49.7 Å². The van der Waals surface area contributed by atoms with Gasteiger partial charge in [0.2, 0.25) is 5.88 Å². The second-order valence-corrected chi connectivity index (χ2v) is 3.07. The molecule has 0 saturated heterocycles. The van der Waals surface area contributed by atoms with Crippen LogP contribution in [0.15, 0.2) is 41.9 Å². The molecule has 0 aromatic carbocycles. The Morgan fingerprint density at radius 3 is 2.78 bits per heavy atom. The molecule has 0 spiro atoms. The van der Waals surface area contributed by atoms with Gasteiger partial charge in [-0.1, -0.05) is 12.7 Å². The molecular weight excluding hydrogens is 236 g/mol. The van der Waals surface area contributed by atoms with Gasteiger partial charge in [-0.15, -0.1) is 0 Å². The van der Waals surface area contributed by atoms with E-state index in [1.807, 2.05) is 0 Å². The summed E-state index contributed by atoms with van der Waals surface area (Å²) in [5.41, 5.74) is 0. The predicted molar refractivity (Wildman–Crippen MR) is 69.1 cm³/mol. The minimum absolute atomic E-state index is 0.390. The summed E-state index contributed by atoms with van der Waals surface area (Å²) >= 11 is 0. The van der Waals surface area contributed by atoms with E-state index >= 15 is 0 Å². The lowest BCUT2D eigenvalue weighted by Gasteiger charge is -2.17. The molecule has 1 N–H and O–H groups in total. The largest absolute Gasteiger partial charge is 0.478 e. The molecule has 6 heteroatoms. The number of aliphatic carboxylic acids is 1. The van der Waals surface area contributed by atoms with E-state index in [-0.39, 0.29) is 0 Å².